The third-order valence-electron chi connectivity index (χ3n) is 4.81. The number of carbonyl (C=O) groups excluding carboxylic acids is 1. The third-order valence-corrected chi connectivity index (χ3v) is 5.12. The Morgan fingerprint density at radius 3 is 2.62 bits per heavy atom. The number of piperazine rings is 1. The fourth-order valence-corrected chi connectivity index (χ4v) is 3.37. The summed E-state index contributed by atoms with van der Waals surface area (Å²) in [4.78, 5) is 25.1. The molecule has 3 aromatic rings. The highest BCUT2D eigenvalue weighted by atomic mass is 35.5. The molecule has 0 unspecified atom stereocenters. The number of rotatable bonds is 6. The normalized spacial score (nSPS) is 14.7. The summed E-state index contributed by atoms with van der Waals surface area (Å²) in [6, 6.07) is 11.0. The largest absolute Gasteiger partial charge is 0.491 e. The van der Waals surface area contributed by atoms with E-state index in [1.807, 2.05) is 29.2 Å². The predicted molar refractivity (Wildman–Crippen MR) is 108 cm³/mol. The van der Waals surface area contributed by atoms with Crippen molar-refractivity contribution in [1.82, 2.24) is 29.5 Å². The number of nitrogens with zero attached hydrogens (tertiary/aromatic N) is 6. The van der Waals surface area contributed by atoms with E-state index in [0.29, 0.717) is 41.8 Å². The second-order valence-electron chi connectivity index (χ2n) is 6.66. The average molecular weight is 413 g/mol. The summed E-state index contributed by atoms with van der Waals surface area (Å²) in [6.07, 6.45) is 4.60. The first-order chi connectivity index (χ1) is 14.2. The topological polar surface area (TPSA) is 76.4 Å². The van der Waals surface area contributed by atoms with E-state index in [-0.39, 0.29) is 5.91 Å². The highest BCUT2D eigenvalue weighted by Crippen LogP contribution is 2.23. The first-order valence-corrected chi connectivity index (χ1v) is 9.78. The van der Waals surface area contributed by atoms with Crippen molar-refractivity contribution < 1.29 is 9.53 Å². The summed E-state index contributed by atoms with van der Waals surface area (Å²) < 4.78 is 7.30. The number of ether oxygens (including phenoxy) is 1. The van der Waals surface area contributed by atoms with E-state index < -0.39 is 0 Å². The number of pyridine rings is 1. The first kappa shape index (κ1) is 19.4. The smallest absolute Gasteiger partial charge is 0.255 e. The number of hydrogen-bond donors (Lipinski definition) is 0. The van der Waals surface area contributed by atoms with Crippen LogP contribution in [0.3, 0.4) is 0 Å². The molecule has 1 aliphatic heterocycles. The molecule has 150 valence electrons. The zero-order valence-electron chi connectivity index (χ0n) is 15.8. The summed E-state index contributed by atoms with van der Waals surface area (Å²) in [6.45, 7) is 4.32. The molecule has 8 nitrogen and oxygen atoms in total. The molecule has 2 aromatic heterocycles. The minimum atomic E-state index is -0.00499. The van der Waals surface area contributed by atoms with Gasteiger partial charge < -0.3 is 9.64 Å². The van der Waals surface area contributed by atoms with E-state index >= 15 is 0 Å². The molecule has 0 aliphatic carbocycles. The Hall–Kier alpha value is -2.97. The van der Waals surface area contributed by atoms with Crippen molar-refractivity contribution in [3.63, 3.8) is 0 Å². The maximum Gasteiger partial charge on any atom is 0.255 e. The zero-order valence-corrected chi connectivity index (χ0v) is 16.6. The summed E-state index contributed by atoms with van der Waals surface area (Å²) in [7, 11) is 0. The summed E-state index contributed by atoms with van der Waals surface area (Å²) in [5.74, 6) is 1.32. The number of carbonyl (C=O) groups is 1. The van der Waals surface area contributed by atoms with E-state index in [1.165, 1.54) is 6.33 Å². The Kier molecular flexibility index (Phi) is 6.02. The van der Waals surface area contributed by atoms with Gasteiger partial charge in [0.1, 0.15) is 25.0 Å². The maximum atomic E-state index is 12.7. The molecule has 29 heavy (non-hydrogen) atoms. The first-order valence-electron chi connectivity index (χ1n) is 9.41. The van der Waals surface area contributed by atoms with Gasteiger partial charge in [-0.3, -0.25) is 9.69 Å². The van der Waals surface area contributed by atoms with Crippen molar-refractivity contribution >= 4 is 17.5 Å². The van der Waals surface area contributed by atoms with Crippen LogP contribution in [0.4, 0.5) is 0 Å². The number of benzene rings is 1. The Bertz CT molecular complexity index is 940. The lowest BCUT2D eigenvalue weighted by Crippen LogP contribution is -2.49. The van der Waals surface area contributed by atoms with Gasteiger partial charge in [0.25, 0.3) is 5.91 Å². The molecule has 9 heteroatoms. The molecule has 1 aromatic carbocycles. The van der Waals surface area contributed by atoms with Crippen molar-refractivity contribution in [2.45, 2.75) is 0 Å². The number of halogens is 1. The van der Waals surface area contributed by atoms with Gasteiger partial charge >= 0.3 is 0 Å². The minimum Gasteiger partial charge on any atom is -0.491 e. The second-order valence-corrected chi connectivity index (χ2v) is 7.07. The molecule has 0 atom stereocenters. The quantitative estimate of drug-likeness (QED) is 0.617. The summed E-state index contributed by atoms with van der Waals surface area (Å²) in [5, 5.41) is 4.65. The molecule has 0 bridgehead atoms. The van der Waals surface area contributed by atoms with Crippen molar-refractivity contribution in [3.8, 4) is 11.6 Å². The van der Waals surface area contributed by atoms with Gasteiger partial charge in [0, 0.05) is 38.9 Å². The molecule has 0 spiro atoms. The highest BCUT2D eigenvalue weighted by molar-refractivity contribution is 6.32. The monoisotopic (exact) mass is 412 g/mol. The number of para-hydroxylation sites is 1. The lowest BCUT2D eigenvalue weighted by atomic mass is 10.2. The molecule has 1 fully saturated rings. The lowest BCUT2D eigenvalue weighted by Gasteiger charge is -2.34. The van der Waals surface area contributed by atoms with E-state index in [1.54, 1.807) is 29.3 Å². The van der Waals surface area contributed by atoms with Crippen LogP contribution in [0.1, 0.15) is 10.4 Å². The predicted octanol–water partition coefficient (Wildman–Crippen LogP) is 2.15. The molecule has 0 N–H and O–H groups in total. The van der Waals surface area contributed by atoms with Crippen LogP contribution >= 0.6 is 11.6 Å². The van der Waals surface area contributed by atoms with Gasteiger partial charge in [-0.05, 0) is 24.3 Å². The van der Waals surface area contributed by atoms with Gasteiger partial charge in [-0.1, -0.05) is 23.7 Å². The van der Waals surface area contributed by atoms with Gasteiger partial charge in [-0.25, -0.2) is 14.6 Å². The van der Waals surface area contributed by atoms with Crippen LogP contribution in [0.25, 0.3) is 5.82 Å². The van der Waals surface area contributed by atoms with Gasteiger partial charge in [0.2, 0.25) is 0 Å². The molecule has 4 rings (SSSR count). The zero-order chi connectivity index (χ0) is 20.1. The second kappa shape index (κ2) is 9.02. The standard InChI is InChI=1S/C20H21ClN6O2/c21-17-3-1-2-4-18(17)29-12-11-25-7-9-26(10-8-25)20(28)16-5-6-19(23-13-16)27-15-22-14-24-27/h1-6,13-15H,7-12H2. The Labute approximate surface area is 173 Å². The number of hydrogen-bond acceptors (Lipinski definition) is 6. The van der Waals surface area contributed by atoms with Crippen LogP contribution in [0, 0.1) is 0 Å². The molecule has 0 saturated carbocycles. The van der Waals surface area contributed by atoms with Crippen molar-refractivity contribution in [2.75, 3.05) is 39.3 Å². The summed E-state index contributed by atoms with van der Waals surface area (Å²) in [5.41, 5.74) is 0.573. The maximum absolute atomic E-state index is 12.7. The van der Waals surface area contributed by atoms with Crippen molar-refractivity contribution in [2.24, 2.45) is 0 Å². The van der Waals surface area contributed by atoms with E-state index in [0.717, 1.165) is 19.6 Å². The van der Waals surface area contributed by atoms with Crippen LogP contribution < -0.4 is 4.74 Å². The lowest BCUT2D eigenvalue weighted by molar-refractivity contribution is 0.0620. The number of amides is 1. The molecule has 1 amide bonds. The summed E-state index contributed by atoms with van der Waals surface area (Å²) >= 11 is 6.10. The molecular formula is C20H21ClN6O2. The number of aromatic nitrogens is 4. The molecule has 3 heterocycles. The van der Waals surface area contributed by atoms with Crippen LogP contribution in [-0.4, -0.2) is 74.8 Å². The Morgan fingerprint density at radius 2 is 1.93 bits per heavy atom. The van der Waals surface area contributed by atoms with Crippen molar-refractivity contribution in [1.29, 1.82) is 0 Å². The van der Waals surface area contributed by atoms with Crippen LogP contribution in [0.2, 0.25) is 5.02 Å². The Morgan fingerprint density at radius 1 is 1.10 bits per heavy atom. The van der Waals surface area contributed by atoms with Gasteiger partial charge in [0.15, 0.2) is 5.82 Å². The van der Waals surface area contributed by atoms with E-state index in [2.05, 4.69) is 20.0 Å². The highest BCUT2D eigenvalue weighted by Gasteiger charge is 2.22. The average Bonchev–Trinajstić information content (AvgIpc) is 3.30. The SMILES string of the molecule is O=C(c1ccc(-n2cncn2)nc1)N1CCN(CCOc2ccccc2Cl)CC1. The van der Waals surface area contributed by atoms with Crippen LogP contribution in [0.15, 0.2) is 55.2 Å². The van der Waals surface area contributed by atoms with E-state index in [4.69, 9.17) is 16.3 Å². The Balaban J connectivity index is 1.25. The molecular weight excluding hydrogens is 392 g/mol. The van der Waals surface area contributed by atoms with Crippen LogP contribution in [0.5, 0.6) is 5.75 Å². The van der Waals surface area contributed by atoms with E-state index in [9.17, 15) is 4.79 Å². The van der Waals surface area contributed by atoms with Crippen LogP contribution in [-0.2, 0) is 0 Å². The van der Waals surface area contributed by atoms with Gasteiger partial charge in [-0.2, -0.15) is 5.10 Å². The van der Waals surface area contributed by atoms with Crippen molar-refractivity contribution in [3.05, 3.63) is 65.8 Å². The fourth-order valence-electron chi connectivity index (χ4n) is 3.18. The molecule has 1 aliphatic rings. The molecule has 1 saturated heterocycles. The molecule has 0 radical (unpaired) electrons. The fraction of sp³-hybridized carbons (Fsp3) is 0.300. The minimum absolute atomic E-state index is 0.00499. The van der Waals surface area contributed by atoms with Gasteiger partial charge in [-0.15, -0.1) is 0 Å². The van der Waals surface area contributed by atoms with Gasteiger partial charge in [0.05, 0.1) is 10.6 Å². The third kappa shape index (κ3) is 4.72.